The number of hydrogen-bond acceptors (Lipinski definition) is 4. The summed E-state index contributed by atoms with van der Waals surface area (Å²) in [5.74, 6) is 3.26. The Morgan fingerprint density at radius 2 is 1.83 bits per heavy atom. The fraction of sp³-hybridized carbons (Fsp3) is 0.684. The van der Waals surface area contributed by atoms with Crippen molar-refractivity contribution < 1.29 is 9.92 Å². The van der Waals surface area contributed by atoms with Crippen molar-refractivity contribution in [3.05, 3.63) is 45.5 Å². The van der Waals surface area contributed by atoms with Crippen molar-refractivity contribution in [2.75, 3.05) is 13.2 Å². The average Bonchev–Trinajstić information content (AvgIpc) is 2.55. The van der Waals surface area contributed by atoms with Crippen molar-refractivity contribution in [3.63, 3.8) is 0 Å². The molecule has 5 nitrogen and oxygen atoms in total. The lowest BCUT2D eigenvalue weighted by molar-refractivity contribution is -0.757. The van der Waals surface area contributed by atoms with Crippen LogP contribution in [0, 0.1) is 33.8 Å². The largest absolute Gasteiger partial charge is 0.330 e. The van der Waals surface area contributed by atoms with Crippen LogP contribution in [0.2, 0.25) is 0 Å². The van der Waals surface area contributed by atoms with Crippen LogP contribution < -0.4 is 5.73 Å². The summed E-state index contributed by atoms with van der Waals surface area (Å²) in [4.78, 5) is 14.8. The Morgan fingerprint density at radius 1 is 1.17 bits per heavy atom. The second-order valence-electron chi connectivity index (χ2n) is 8.06. The molecule has 0 aliphatic heterocycles. The summed E-state index contributed by atoms with van der Waals surface area (Å²) in [5.41, 5.74) is 8.98. The van der Waals surface area contributed by atoms with E-state index in [1.165, 1.54) is 37.7 Å². The molecule has 4 aliphatic carbocycles. The summed E-state index contributed by atoms with van der Waals surface area (Å²) in [6.07, 6.45) is 7.33. The number of hydrogen-bond donors (Lipinski definition) is 1. The van der Waals surface area contributed by atoms with Crippen LogP contribution in [0.5, 0.6) is 0 Å². The lowest BCUT2D eigenvalue weighted by Gasteiger charge is -2.61. The Morgan fingerprint density at radius 3 is 2.42 bits per heavy atom. The molecule has 4 fully saturated rings. The zero-order chi connectivity index (χ0) is 16.7. The summed E-state index contributed by atoms with van der Waals surface area (Å²) < 4.78 is 0. The topological polar surface area (TPSA) is 78.4 Å². The lowest BCUT2D eigenvalue weighted by atomic mass is 9.44. The predicted molar refractivity (Wildman–Crippen MR) is 90.9 cm³/mol. The molecule has 4 saturated carbocycles. The summed E-state index contributed by atoms with van der Waals surface area (Å²) in [5, 5.41) is 9.62. The Hall–Kier alpha value is -1.62. The van der Waals surface area contributed by atoms with Crippen molar-refractivity contribution >= 4 is 0 Å². The summed E-state index contributed by atoms with van der Waals surface area (Å²) in [7, 11) is 0. The minimum atomic E-state index is -0.719. The van der Waals surface area contributed by atoms with Gasteiger partial charge in [-0.3, -0.25) is 0 Å². The first-order valence-corrected chi connectivity index (χ1v) is 9.18. The number of nitrogens with two attached hydrogens (primary N) is 1. The van der Waals surface area contributed by atoms with E-state index in [-0.39, 0.29) is 12.0 Å². The molecule has 2 N–H and O–H groups in total. The van der Waals surface area contributed by atoms with Gasteiger partial charge in [-0.15, -0.1) is 10.1 Å². The molecule has 0 radical (unpaired) electrons. The first-order chi connectivity index (χ1) is 11.6. The van der Waals surface area contributed by atoms with Gasteiger partial charge >= 0.3 is 0 Å². The number of rotatable bonds is 6. The summed E-state index contributed by atoms with van der Waals surface area (Å²) >= 11 is 0. The Labute approximate surface area is 142 Å². The van der Waals surface area contributed by atoms with Crippen LogP contribution >= 0.6 is 0 Å². The Bertz CT molecular complexity index is 603. The molecule has 1 aromatic carbocycles. The Kier molecular flexibility index (Phi) is 3.99. The minimum Gasteiger partial charge on any atom is -0.330 e. The quantitative estimate of drug-likeness (QED) is 0.642. The van der Waals surface area contributed by atoms with Crippen LogP contribution in [0.15, 0.2) is 24.3 Å². The van der Waals surface area contributed by atoms with Crippen molar-refractivity contribution in [1.29, 1.82) is 0 Å². The van der Waals surface area contributed by atoms with Gasteiger partial charge in [0.1, 0.15) is 6.61 Å². The zero-order valence-corrected chi connectivity index (χ0v) is 14.0. The van der Waals surface area contributed by atoms with Gasteiger partial charge < -0.3 is 10.6 Å². The average molecular weight is 330 g/mol. The van der Waals surface area contributed by atoms with Gasteiger partial charge in [-0.25, -0.2) is 0 Å². The lowest BCUT2D eigenvalue weighted by Crippen LogP contribution is -2.58. The van der Waals surface area contributed by atoms with Crippen LogP contribution in [-0.2, 0) is 16.7 Å². The van der Waals surface area contributed by atoms with Crippen LogP contribution in [0.25, 0.3) is 0 Å². The number of benzene rings is 1. The summed E-state index contributed by atoms with van der Waals surface area (Å²) in [6.45, 7) is 0.833. The molecule has 0 unspecified atom stereocenters. The first-order valence-electron chi connectivity index (χ1n) is 9.18. The molecule has 0 atom stereocenters. The molecule has 0 saturated heterocycles. The third kappa shape index (κ3) is 2.50. The third-order valence-electron chi connectivity index (χ3n) is 6.98. The molecule has 0 spiro atoms. The van der Waals surface area contributed by atoms with Gasteiger partial charge in [0, 0.05) is 12.0 Å². The van der Waals surface area contributed by atoms with Crippen molar-refractivity contribution in [3.8, 4) is 0 Å². The summed E-state index contributed by atoms with van der Waals surface area (Å²) in [6, 6.07) is 8.58. The van der Waals surface area contributed by atoms with Crippen LogP contribution in [0.1, 0.15) is 43.2 Å². The highest BCUT2D eigenvalue weighted by Gasteiger charge is 2.57. The van der Waals surface area contributed by atoms with Gasteiger partial charge in [-0.1, -0.05) is 24.3 Å². The van der Waals surface area contributed by atoms with Gasteiger partial charge in [0.15, 0.2) is 0 Å². The van der Waals surface area contributed by atoms with E-state index in [2.05, 4.69) is 23.0 Å². The molecule has 130 valence electrons. The maximum Gasteiger partial charge on any atom is 0.294 e. The molecular formula is C19H26N2O3. The van der Waals surface area contributed by atoms with E-state index in [1.807, 2.05) is 6.07 Å². The number of nitrogens with zero attached hydrogens (tertiary/aromatic N) is 1. The van der Waals surface area contributed by atoms with Gasteiger partial charge in [0.05, 0.1) is 0 Å². The van der Waals surface area contributed by atoms with Gasteiger partial charge in [0.25, 0.3) is 5.09 Å². The van der Waals surface area contributed by atoms with E-state index in [4.69, 9.17) is 5.73 Å². The maximum absolute atomic E-state index is 10.3. The normalized spacial score (nSPS) is 36.7. The Balaban J connectivity index is 1.60. The van der Waals surface area contributed by atoms with Crippen LogP contribution in [0.3, 0.4) is 0 Å². The smallest absolute Gasteiger partial charge is 0.294 e. The van der Waals surface area contributed by atoms with Crippen molar-refractivity contribution in [2.45, 2.75) is 43.9 Å². The molecular weight excluding hydrogens is 304 g/mol. The van der Waals surface area contributed by atoms with E-state index >= 15 is 0 Å². The van der Waals surface area contributed by atoms with Gasteiger partial charge in [-0.05, 0) is 73.3 Å². The van der Waals surface area contributed by atoms with E-state index in [9.17, 15) is 10.1 Å². The highest BCUT2D eigenvalue weighted by atomic mass is 16.9. The second-order valence-corrected chi connectivity index (χ2v) is 8.06. The molecule has 0 amide bonds. The second kappa shape index (κ2) is 6.03. The van der Waals surface area contributed by atoms with Crippen molar-refractivity contribution in [1.82, 2.24) is 0 Å². The van der Waals surface area contributed by atoms with Gasteiger partial charge in [0.2, 0.25) is 0 Å². The molecule has 4 aliphatic rings. The molecule has 24 heavy (non-hydrogen) atoms. The third-order valence-corrected chi connectivity index (χ3v) is 6.98. The molecule has 4 bridgehead atoms. The fourth-order valence-electron chi connectivity index (χ4n) is 6.20. The molecule has 0 aromatic heterocycles. The van der Waals surface area contributed by atoms with Crippen LogP contribution in [0.4, 0.5) is 0 Å². The van der Waals surface area contributed by atoms with Crippen LogP contribution in [-0.4, -0.2) is 18.2 Å². The molecule has 5 rings (SSSR count). The first kappa shape index (κ1) is 15.9. The minimum absolute atomic E-state index is 0.114. The SMILES string of the molecule is NCC1(c2cccc(CCO[N+](=O)[O-])c2)C2CC3CC(C2)CC1C3. The van der Waals surface area contributed by atoms with Gasteiger partial charge in [-0.2, -0.15) is 0 Å². The zero-order valence-electron chi connectivity index (χ0n) is 14.0. The predicted octanol–water partition coefficient (Wildman–Crippen LogP) is 3.09. The highest BCUT2D eigenvalue weighted by molar-refractivity contribution is 5.35. The van der Waals surface area contributed by atoms with E-state index in [0.717, 1.165) is 23.9 Å². The van der Waals surface area contributed by atoms with Crippen molar-refractivity contribution in [2.24, 2.45) is 29.4 Å². The molecule has 1 aromatic rings. The fourth-order valence-corrected chi connectivity index (χ4v) is 6.20. The molecule has 0 heterocycles. The van der Waals surface area contributed by atoms with E-state index in [0.29, 0.717) is 18.3 Å². The standard InChI is InChI=1S/C19H26N2O3/c20-12-19(17-8-14-6-15(10-17)11-18(19)9-14)16-3-1-2-13(7-16)4-5-24-21(22)23/h1-3,7,14-15,17-18H,4-6,8-12,20H2. The van der Waals surface area contributed by atoms with E-state index in [1.54, 1.807) is 0 Å². The molecule has 5 heteroatoms. The maximum atomic E-state index is 10.3. The highest BCUT2D eigenvalue weighted by Crippen LogP contribution is 2.62. The monoisotopic (exact) mass is 330 g/mol. The van der Waals surface area contributed by atoms with E-state index < -0.39 is 5.09 Å².